The van der Waals surface area contributed by atoms with Gasteiger partial charge >= 0.3 is 6.18 Å². The van der Waals surface area contributed by atoms with Gasteiger partial charge in [-0.05, 0) is 49.8 Å². The van der Waals surface area contributed by atoms with Crippen molar-refractivity contribution in [2.45, 2.75) is 45.3 Å². The van der Waals surface area contributed by atoms with Gasteiger partial charge in [0.25, 0.3) is 0 Å². The van der Waals surface area contributed by atoms with E-state index in [0.717, 1.165) is 25.9 Å². The van der Waals surface area contributed by atoms with Crippen LogP contribution in [-0.4, -0.2) is 19.1 Å². The van der Waals surface area contributed by atoms with Crippen LogP contribution in [0.5, 0.6) is 0 Å². The number of rotatable bonds is 3. The lowest BCUT2D eigenvalue weighted by atomic mass is 9.96. The largest absolute Gasteiger partial charge is 0.416 e. The van der Waals surface area contributed by atoms with E-state index < -0.39 is 11.7 Å². The molecule has 0 aliphatic carbocycles. The first-order valence-corrected chi connectivity index (χ1v) is 7.48. The van der Waals surface area contributed by atoms with Gasteiger partial charge in [-0.3, -0.25) is 0 Å². The maximum atomic E-state index is 13.2. The van der Waals surface area contributed by atoms with Crippen LogP contribution in [0.1, 0.15) is 37.8 Å². The molecule has 1 aromatic rings. The van der Waals surface area contributed by atoms with E-state index in [1.807, 2.05) is 4.90 Å². The fourth-order valence-corrected chi connectivity index (χ4v) is 2.82. The molecule has 1 heterocycles. The van der Waals surface area contributed by atoms with Crippen LogP contribution in [0.4, 0.5) is 18.9 Å². The van der Waals surface area contributed by atoms with Crippen LogP contribution in [0.15, 0.2) is 18.2 Å². The van der Waals surface area contributed by atoms with Gasteiger partial charge in [0.2, 0.25) is 0 Å². The molecule has 2 N–H and O–H groups in total. The van der Waals surface area contributed by atoms with Crippen LogP contribution in [-0.2, 0) is 12.6 Å². The first-order chi connectivity index (χ1) is 9.77. The van der Waals surface area contributed by atoms with Crippen LogP contribution in [0.2, 0.25) is 0 Å². The highest BCUT2D eigenvalue weighted by Crippen LogP contribution is 2.36. The summed E-state index contributed by atoms with van der Waals surface area (Å²) in [4.78, 5) is 2.05. The maximum Gasteiger partial charge on any atom is 0.416 e. The molecule has 1 unspecified atom stereocenters. The van der Waals surface area contributed by atoms with Gasteiger partial charge in [0.15, 0.2) is 0 Å². The molecule has 0 saturated carbocycles. The van der Waals surface area contributed by atoms with Gasteiger partial charge in [-0.15, -0.1) is 0 Å². The Labute approximate surface area is 124 Å². The molecule has 0 amide bonds. The second kappa shape index (κ2) is 6.26. The Kier molecular flexibility index (Phi) is 4.81. The van der Waals surface area contributed by atoms with Crippen molar-refractivity contribution in [3.05, 3.63) is 29.3 Å². The van der Waals surface area contributed by atoms with Crippen molar-refractivity contribution >= 4 is 5.69 Å². The molecule has 1 saturated heterocycles. The lowest BCUT2D eigenvalue weighted by Crippen LogP contribution is -2.33. The highest BCUT2D eigenvalue weighted by molar-refractivity contribution is 5.52. The number of hydrogen-bond acceptors (Lipinski definition) is 2. The number of halogens is 3. The number of hydrogen-bond donors (Lipinski definition) is 1. The lowest BCUT2D eigenvalue weighted by molar-refractivity contribution is -0.138. The Hall–Kier alpha value is -1.23. The highest BCUT2D eigenvalue weighted by Gasteiger charge is 2.34. The van der Waals surface area contributed by atoms with Crippen molar-refractivity contribution in [1.82, 2.24) is 0 Å². The summed E-state index contributed by atoms with van der Waals surface area (Å²) in [6.45, 7) is 5.56. The molecule has 1 fully saturated rings. The van der Waals surface area contributed by atoms with E-state index in [-0.39, 0.29) is 18.0 Å². The van der Waals surface area contributed by atoms with Gasteiger partial charge in [0.1, 0.15) is 0 Å². The third-order valence-electron chi connectivity index (χ3n) is 4.09. The molecule has 1 aliphatic rings. The van der Waals surface area contributed by atoms with Crippen molar-refractivity contribution in [2.75, 3.05) is 18.0 Å². The van der Waals surface area contributed by atoms with Crippen molar-refractivity contribution < 1.29 is 13.2 Å². The number of benzene rings is 1. The Morgan fingerprint density at radius 3 is 2.43 bits per heavy atom. The Morgan fingerprint density at radius 2 is 1.90 bits per heavy atom. The van der Waals surface area contributed by atoms with Gasteiger partial charge in [-0.25, -0.2) is 0 Å². The standard InChI is InChI=1S/C16H23F3N2/c1-11-5-7-21(8-6-11)14-4-3-13(9-12(2)20)15(10-14)16(17,18)19/h3-4,10-12H,5-9,20H2,1-2H3. The molecule has 118 valence electrons. The zero-order valence-electron chi connectivity index (χ0n) is 12.6. The quantitative estimate of drug-likeness (QED) is 0.919. The van der Waals surface area contributed by atoms with E-state index in [9.17, 15) is 13.2 Å². The molecule has 2 rings (SSSR count). The van der Waals surface area contributed by atoms with E-state index in [0.29, 0.717) is 11.6 Å². The molecule has 1 atom stereocenters. The Morgan fingerprint density at radius 1 is 1.29 bits per heavy atom. The van der Waals surface area contributed by atoms with E-state index in [4.69, 9.17) is 5.73 Å². The van der Waals surface area contributed by atoms with Gasteiger partial charge in [0, 0.05) is 24.8 Å². The number of alkyl halides is 3. The molecule has 0 spiro atoms. The summed E-state index contributed by atoms with van der Waals surface area (Å²) >= 11 is 0. The van der Waals surface area contributed by atoms with Crippen LogP contribution < -0.4 is 10.6 Å². The van der Waals surface area contributed by atoms with Crippen LogP contribution in [0, 0.1) is 5.92 Å². The zero-order chi connectivity index (χ0) is 15.6. The minimum Gasteiger partial charge on any atom is -0.372 e. The molecular formula is C16H23F3N2. The second-order valence-electron chi connectivity index (χ2n) is 6.19. The molecule has 21 heavy (non-hydrogen) atoms. The third kappa shape index (κ3) is 4.13. The van der Waals surface area contributed by atoms with Gasteiger partial charge < -0.3 is 10.6 Å². The molecule has 2 nitrogen and oxygen atoms in total. The number of nitrogens with zero attached hydrogens (tertiary/aromatic N) is 1. The normalized spacial score (nSPS) is 18.9. The number of piperidine rings is 1. The average molecular weight is 300 g/mol. The first-order valence-electron chi connectivity index (χ1n) is 7.48. The topological polar surface area (TPSA) is 29.3 Å². The zero-order valence-corrected chi connectivity index (χ0v) is 12.6. The smallest absolute Gasteiger partial charge is 0.372 e. The summed E-state index contributed by atoms with van der Waals surface area (Å²) < 4.78 is 39.7. The van der Waals surface area contributed by atoms with Crippen LogP contribution >= 0.6 is 0 Å². The molecule has 5 heteroatoms. The summed E-state index contributed by atoms with van der Waals surface area (Å²) in [5, 5.41) is 0. The Bertz CT molecular complexity index is 475. The number of anilines is 1. The summed E-state index contributed by atoms with van der Waals surface area (Å²) in [5.74, 6) is 0.653. The summed E-state index contributed by atoms with van der Waals surface area (Å²) in [6.07, 6.45) is -2.03. The highest BCUT2D eigenvalue weighted by atomic mass is 19.4. The molecule has 0 aromatic heterocycles. The second-order valence-corrected chi connectivity index (χ2v) is 6.19. The molecule has 0 radical (unpaired) electrons. The third-order valence-corrected chi connectivity index (χ3v) is 4.09. The lowest BCUT2D eigenvalue weighted by Gasteiger charge is -2.32. The van der Waals surface area contributed by atoms with Crippen molar-refractivity contribution in [1.29, 1.82) is 0 Å². The molecule has 1 aliphatic heterocycles. The Balaban J connectivity index is 2.28. The summed E-state index contributed by atoms with van der Waals surface area (Å²) in [7, 11) is 0. The minimum absolute atomic E-state index is 0.242. The van der Waals surface area contributed by atoms with Crippen LogP contribution in [0.3, 0.4) is 0 Å². The monoisotopic (exact) mass is 300 g/mol. The van der Waals surface area contributed by atoms with Gasteiger partial charge in [-0.2, -0.15) is 13.2 Å². The predicted octanol–water partition coefficient (Wildman–Crippen LogP) is 3.83. The van der Waals surface area contributed by atoms with Crippen molar-refractivity contribution in [2.24, 2.45) is 11.7 Å². The molecular weight excluding hydrogens is 277 g/mol. The fraction of sp³-hybridized carbons (Fsp3) is 0.625. The first kappa shape index (κ1) is 16.1. The maximum absolute atomic E-state index is 13.2. The summed E-state index contributed by atoms with van der Waals surface area (Å²) in [5.41, 5.74) is 6.06. The fourth-order valence-electron chi connectivity index (χ4n) is 2.82. The molecule has 1 aromatic carbocycles. The summed E-state index contributed by atoms with van der Waals surface area (Å²) in [6, 6.07) is 4.38. The van der Waals surface area contributed by atoms with E-state index in [2.05, 4.69) is 6.92 Å². The van der Waals surface area contributed by atoms with Crippen LogP contribution in [0.25, 0.3) is 0 Å². The minimum atomic E-state index is -4.33. The van der Waals surface area contributed by atoms with Gasteiger partial charge in [-0.1, -0.05) is 13.0 Å². The van der Waals surface area contributed by atoms with E-state index >= 15 is 0 Å². The number of nitrogens with two attached hydrogens (primary N) is 1. The average Bonchev–Trinajstić information content (AvgIpc) is 2.38. The van der Waals surface area contributed by atoms with E-state index in [1.54, 1.807) is 19.1 Å². The van der Waals surface area contributed by atoms with Gasteiger partial charge in [0.05, 0.1) is 5.56 Å². The predicted molar refractivity (Wildman–Crippen MR) is 79.4 cm³/mol. The van der Waals surface area contributed by atoms with Crippen molar-refractivity contribution in [3.8, 4) is 0 Å². The SMILES string of the molecule is CC(N)Cc1ccc(N2CCC(C)CC2)cc1C(F)(F)F. The van der Waals surface area contributed by atoms with E-state index in [1.165, 1.54) is 6.07 Å². The molecule has 0 bridgehead atoms. The van der Waals surface area contributed by atoms with Crippen molar-refractivity contribution in [3.63, 3.8) is 0 Å².